The summed E-state index contributed by atoms with van der Waals surface area (Å²) >= 11 is 0. The number of ether oxygens (including phenoxy) is 1. The van der Waals surface area contributed by atoms with Crippen molar-refractivity contribution in [1.29, 1.82) is 10.7 Å². The topological polar surface area (TPSA) is 203 Å². The van der Waals surface area contributed by atoms with Crippen LogP contribution in [0.15, 0.2) is 55.0 Å². The molecule has 1 saturated heterocycles. The lowest BCUT2D eigenvalue weighted by molar-refractivity contribution is 0.0962. The number of rotatable bonds is 7. The third-order valence-corrected chi connectivity index (χ3v) is 5.63. The molecule has 0 unspecified atom stereocenters. The first-order valence-electron chi connectivity index (χ1n) is 10.5. The van der Waals surface area contributed by atoms with Gasteiger partial charge in [0.25, 0.3) is 28.0 Å². The van der Waals surface area contributed by atoms with E-state index in [0.29, 0.717) is 29.4 Å². The molecule has 0 spiro atoms. The highest BCUT2D eigenvalue weighted by molar-refractivity contribution is 7.85. The van der Waals surface area contributed by atoms with Crippen LogP contribution in [0.1, 0.15) is 26.5 Å². The molecule has 14 nitrogen and oxygen atoms in total. The Bertz CT molecular complexity index is 1500. The average Bonchev–Trinajstić information content (AvgIpc) is 3.32. The van der Waals surface area contributed by atoms with Gasteiger partial charge in [-0.1, -0.05) is 0 Å². The van der Waals surface area contributed by atoms with Crippen LogP contribution in [-0.4, -0.2) is 64.8 Å². The second-order valence-corrected chi connectivity index (χ2v) is 8.94. The monoisotopic (exact) mass is 522 g/mol. The summed E-state index contributed by atoms with van der Waals surface area (Å²) in [7, 11) is -4.71. The van der Waals surface area contributed by atoms with E-state index in [1.807, 2.05) is 6.07 Å². The highest BCUT2D eigenvalue weighted by Gasteiger charge is 2.29. The SMILES string of the molecule is N#Cc1ccc(N(CS(=O)(=O)O)C(=O)c2nccnc2C(=O)Nc2ccc(N3CCOC3=N)cc2)nc1. The Morgan fingerprint density at radius 3 is 2.41 bits per heavy atom. The Kier molecular flexibility index (Phi) is 7.04. The Hall–Kier alpha value is -4.94. The highest BCUT2D eigenvalue weighted by Crippen LogP contribution is 2.22. The molecule has 0 radical (unpaired) electrons. The third kappa shape index (κ3) is 5.83. The van der Waals surface area contributed by atoms with Crippen LogP contribution in [0.5, 0.6) is 0 Å². The van der Waals surface area contributed by atoms with Crippen molar-refractivity contribution in [2.45, 2.75) is 0 Å². The molecule has 0 saturated carbocycles. The van der Waals surface area contributed by atoms with E-state index >= 15 is 0 Å². The largest absolute Gasteiger partial charge is 0.463 e. The maximum atomic E-state index is 13.3. The van der Waals surface area contributed by atoms with E-state index in [1.54, 1.807) is 29.2 Å². The summed E-state index contributed by atoms with van der Waals surface area (Å²) in [5.74, 6) is -3.26. The molecule has 3 aromatic rings. The number of aromatic nitrogens is 3. The van der Waals surface area contributed by atoms with Gasteiger partial charge in [0.2, 0.25) is 0 Å². The second-order valence-electron chi connectivity index (χ2n) is 7.52. The van der Waals surface area contributed by atoms with Gasteiger partial charge in [0.15, 0.2) is 17.3 Å². The van der Waals surface area contributed by atoms with Gasteiger partial charge in [0.1, 0.15) is 18.5 Å². The van der Waals surface area contributed by atoms with E-state index in [-0.39, 0.29) is 17.4 Å². The standard InChI is InChI=1S/C22H18N8O6S/c23-11-14-1-6-17(27-12-14)30(13-37(33,34)35)21(32)19-18(25-7-8-26-19)20(31)28-15-2-4-16(5-3-15)29-9-10-36-22(29)24/h1-8,12,24H,9-10,13H2,(H,28,31)(H,33,34,35). The summed E-state index contributed by atoms with van der Waals surface area (Å²) in [4.78, 5) is 40.3. The number of carbonyl (C=O) groups is 2. The fourth-order valence-corrected chi connectivity index (χ4v) is 3.94. The number of nitrogens with one attached hydrogen (secondary N) is 2. The number of carbonyl (C=O) groups excluding carboxylic acids is 2. The van der Waals surface area contributed by atoms with Crippen molar-refractivity contribution in [2.75, 3.05) is 34.1 Å². The minimum atomic E-state index is -4.71. The summed E-state index contributed by atoms with van der Waals surface area (Å²) in [6, 6.07) is 10.9. The van der Waals surface area contributed by atoms with E-state index in [4.69, 9.17) is 15.4 Å². The number of benzene rings is 1. The maximum Gasteiger partial charge on any atom is 0.289 e. The molecule has 15 heteroatoms. The second kappa shape index (κ2) is 10.4. The summed E-state index contributed by atoms with van der Waals surface area (Å²) in [5.41, 5.74) is 0.303. The summed E-state index contributed by atoms with van der Waals surface area (Å²) < 4.78 is 37.7. The number of nitriles is 1. The van der Waals surface area contributed by atoms with Crippen molar-refractivity contribution in [3.05, 3.63) is 71.9 Å². The minimum absolute atomic E-state index is 0.0192. The predicted octanol–water partition coefficient (Wildman–Crippen LogP) is 1.26. The molecule has 3 N–H and O–H groups in total. The number of hydrogen-bond acceptors (Lipinski definition) is 10. The minimum Gasteiger partial charge on any atom is -0.463 e. The fourth-order valence-electron chi connectivity index (χ4n) is 3.37. The van der Waals surface area contributed by atoms with Crippen LogP contribution in [0.3, 0.4) is 0 Å². The lowest BCUT2D eigenvalue weighted by atomic mass is 10.2. The van der Waals surface area contributed by atoms with E-state index in [1.165, 1.54) is 18.3 Å². The molecular formula is C22H18N8O6S. The van der Waals surface area contributed by atoms with E-state index < -0.39 is 39.2 Å². The van der Waals surface area contributed by atoms with Crippen molar-refractivity contribution in [2.24, 2.45) is 0 Å². The smallest absolute Gasteiger partial charge is 0.289 e. The summed E-state index contributed by atoms with van der Waals surface area (Å²) in [6.45, 7) is 0.914. The Morgan fingerprint density at radius 2 is 1.84 bits per heavy atom. The number of amides is 2. The maximum absolute atomic E-state index is 13.3. The Balaban J connectivity index is 1.60. The highest BCUT2D eigenvalue weighted by atomic mass is 32.2. The van der Waals surface area contributed by atoms with Crippen molar-refractivity contribution in [3.63, 3.8) is 0 Å². The molecule has 4 rings (SSSR count). The third-order valence-electron chi connectivity index (χ3n) is 5.04. The van der Waals surface area contributed by atoms with Crippen molar-refractivity contribution >= 4 is 45.1 Å². The van der Waals surface area contributed by atoms with Crippen LogP contribution in [-0.2, 0) is 14.9 Å². The first kappa shape index (κ1) is 25.2. The zero-order valence-electron chi connectivity index (χ0n) is 18.9. The van der Waals surface area contributed by atoms with Crippen LogP contribution in [0.25, 0.3) is 0 Å². The average molecular weight is 523 g/mol. The molecule has 1 aliphatic rings. The number of anilines is 3. The van der Waals surface area contributed by atoms with Crippen molar-refractivity contribution < 1.29 is 27.3 Å². The lowest BCUT2D eigenvalue weighted by Gasteiger charge is -2.20. The molecule has 1 aliphatic heterocycles. The molecule has 0 bridgehead atoms. The van der Waals surface area contributed by atoms with Crippen LogP contribution < -0.4 is 15.1 Å². The van der Waals surface area contributed by atoms with Crippen molar-refractivity contribution in [1.82, 2.24) is 15.0 Å². The van der Waals surface area contributed by atoms with E-state index in [2.05, 4.69) is 20.3 Å². The molecule has 37 heavy (non-hydrogen) atoms. The van der Waals surface area contributed by atoms with E-state index in [0.717, 1.165) is 12.4 Å². The lowest BCUT2D eigenvalue weighted by Crippen LogP contribution is -2.38. The fraction of sp³-hybridized carbons (Fsp3) is 0.136. The van der Waals surface area contributed by atoms with Crippen LogP contribution in [0.4, 0.5) is 17.2 Å². The van der Waals surface area contributed by atoms with Gasteiger partial charge in [0, 0.05) is 30.0 Å². The Labute approximate surface area is 210 Å². The Morgan fingerprint density at radius 1 is 1.14 bits per heavy atom. The number of hydrogen-bond donors (Lipinski definition) is 3. The number of pyridine rings is 1. The van der Waals surface area contributed by atoms with Crippen LogP contribution in [0, 0.1) is 16.7 Å². The molecule has 1 fully saturated rings. The van der Waals surface area contributed by atoms with Crippen molar-refractivity contribution in [3.8, 4) is 6.07 Å². The van der Waals surface area contributed by atoms with Gasteiger partial charge in [-0.2, -0.15) is 13.7 Å². The molecule has 0 aliphatic carbocycles. The first-order valence-corrected chi connectivity index (χ1v) is 12.1. The van der Waals surface area contributed by atoms with Gasteiger partial charge in [-0.15, -0.1) is 0 Å². The van der Waals surface area contributed by atoms with Gasteiger partial charge in [-0.3, -0.25) is 29.4 Å². The van der Waals surface area contributed by atoms with Gasteiger partial charge < -0.3 is 10.1 Å². The van der Waals surface area contributed by atoms with Gasteiger partial charge in [0.05, 0.1) is 12.1 Å². The molecule has 2 amide bonds. The first-order chi connectivity index (χ1) is 17.7. The number of amidine groups is 1. The summed E-state index contributed by atoms with van der Waals surface area (Å²) in [6.07, 6.45) is 3.44. The van der Waals surface area contributed by atoms with E-state index in [9.17, 15) is 22.6 Å². The van der Waals surface area contributed by atoms with Crippen LogP contribution in [0.2, 0.25) is 0 Å². The zero-order chi connectivity index (χ0) is 26.6. The molecule has 0 atom stereocenters. The summed E-state index contributed by atoms with van der Waals surface area (Å²) in [5, 5.41) is 19.3. The molecule has 2 aromatic heterocycles. The quantitative estimate of drug-likeness (QED) is 0.377. The van der Waals surface area contributed by atoms with Crippen LogP contribution >= 0.6 is 0 Å². The van der Waals surface area contributed by atoms with Gasteiger partial charge in [-0.25, -0.2) is 15.0 Å². The molecule has 188 valence electrons. The molecular weight excluding hydrogens is 504 g/mol. The number of nitrogens with zero attached hydrogens (tertiary/aromatic N) is 6. The normalized spacial score (nSPS) is 13.0. The molecule has 3 heterocycles. The van der Waals surface area contributed by atoms with Gasteiger partial charge >= 0.3 is 0 Å². The zero-order valence-corrected chi connectivity index (χ0v) is 19.7. The molecule has 1 aromatic carbocycles. The van der Waals surface area contributed by atoms with Gasteiger partial charge in [-0.05, 0) is 36.4 Å². The predicted molar refractivity (Wildman–Crippen MR) is 130 cm³/mol.